The van der Waals surface area contributed by atoms with Gasteiger partial charge in [0.05, 0.1) is 17.0 Å². The summed E-state index contributed by atoms with van der Waals surface area (Å²) in [4.78, 5) is 36.8. The number of carbonyl (C=O) groups is 3. The van der Waals surface area contributed by atoms with Crippen LogP contribution in [0.2, 0.25) is 0 Å². The molecular weight excluding hydrogens is 270 g/mol. The molecule has 1 N–H and O–H groups in total. The zero-order valence-corrected chi connectivity index (χ0v) is 11.6. The van der Waals surface area contributed by atoms with E-state index in [-0.39, 0.29) is 23.7 Å². The van der Waals surface area contributed by atoms with Crippen LogP contribution < -0.4 is 0 Å². The van der Waals surface area contributed by atoms with Gasteiger partial charge in [0.25, 0.3) is 11.8 Å². The van der Waals surface area contributed by atoms with Crippen molar-refractivity contribution in [3.63, 3.8) is 0 Å². The van der Waals surface area contributed by atoms with Crippen LogP contribution >= 0.6 is 0 Å². The summed E-state index contributed by atoms with van der Waals surface area (Å²) in [7, 11) is 0. The first kappa shape index (κ1) is 13.8. The van der Waals surface area contributed by atoms with Gasteiger partial charge in [0, 0.05) is 6.54 Å². The molecule has 1 fully saturated rings. The number of rotatable bonds is 3. The lowest BCUT2D eigenvalue weighted by atomic mass is 9.82. The Morgan fingerprint density at radius 2 is 1.57 bits per heavy atom. The van der Waals surface area contributed by atoms with Crippen molar-refractivity contribution in [1.29, 1.82) is 0 Å². The SMILES string of the molecule is O=C(O)C1CCC(CN2C(=O)c3ccccc3C2=O)CC1. The van der Waals surface area contributed by atoms with Gasteiger partial charge in [0.1, 0.15) is 0 Å². The van der Waals surface area contributed by atoms with Crippen LogP contribution in [0.5, 0.6) is 0 Å². The second kappa shape index (κ2) is 5.31. The zero-order valence-electron chi connectivity index (χ0n) is 11.6. The third kappa shape index (κ3) is 2.44. The number of imide groups is 1. The Morgan fingerprint density at radius 3 is 2.05 bits per heavy atom. The molecule has 1 saturated carbocycles. The molecule has 1 aliphatic heterocycles. The molecule has 1 aliphatic carbocycles. The van der Waals surface area contributed by atoms with Gasteiger partial charge < -0.3 is 5.11 Å². The molecule has 0 unspecified atom stereocenters. The van der Waals surface area contributed by atoms with Gasteiger partial charge in [0.15, 0.2) is 0 Å². The Hall–Kier alpha value is -2.17. The summed E-state index contributed by atoms with van der Waals surface area (Å²) in [6.07, 6.45) is 2.76. The van der Waals surface area contributed by atoms with Gasteiger partial charge in [-0.05, 0) is 43.7 Å². The fraction of sp³-hybridized carbons (Fsp3) is 0.438. The number of amides is 2. The van der Waals surface area contributed by atoms with Gasteiger partial charge in [-0.25, -0.2) is 0 Å². The van der Waals surface area contributed by atoms with Crippen LogP contribution in [0.25, 0.3) is 0 Å². The van der Waals surface area contributed by atoms with Crippen molar-refractivity contribution in [1.82, 2.24) is 4.90 Å². The molecule has 5 heteroatoms. The predicted octanol–water partition coefficient (Wildman–Crippen LogP) is 2.17. The minimum Gasteiger partial charge on any atom is -0.481 e. The lowest BCUT2D eigenvalue weighted by Gasteiger charge is -2.28. The first-order chi connectivity index (χ1) is 10.1. The summed E-state index contributed by atoms with van der Waals surface area (Å²) in [5.74, 6) is -1.26. The second-order valence-corrected chi connectivity index (χ2v) is 5.82. The van der Waals surface area contributed by atoms with Crippen LogP contribution in [0.3, 0.4) is 0 Å². The highest BCUT2D eigenvalue weighted by Crippen LogP contribution is 2.31. The standard InChI is InChI=1S/C16H17NO4/c18-14-12-3-1-2-4-13(12)15(19)17(14)9-10-5-7-11(8-6-10)16(20)21/h1-4,10-11H,5-9H2,(H,20,21). The van der Waals surface area contributed by atoms with Crippen molar-refractivity contribution in [2.24, 2.45) is 11.8 Å². The number of fused-ring (bicyclic) bond motifs is 1. The van der Waals surface area contributed by atoms with Crippen LogP contribution in [0.4, 0.5) is 0 Å². The van der Waals surface area contributed by atoms with Crippen molar-refractivity contribution >= 4 is 17.8 Å². The monoisotopic (exact) mass is 287 g/mol. The minimum absolute atomic E-state index is 0.211. The Kier molecular flexibility index (Phi) is 3.49. The average Bonchev–Trinajstić information content (AvgIpc) is 2.73. The number of hydrogen-bond donors (Lipinski definition) is 1. The van der Waals surface area contributed by atoms with Gasteiger partial charge in [-0.3, -0.25) is 19.3 Å². The Balaban J connectivity index is 1.67. The van der Waals surface area contributed by atoms with Crippen LogP contribution in [-0.4, -0.2) is 34.3 Å². The van der Waals surface area contributed by atoms with E-state index in [0.717, 1.165) is 12.8 Å². The fourth-order valence-electron chi connectivity index (χ4n) is 3.26. The van der Waals surface area contributed by atoms with E-state index in [1.165, 1.54) is 4.90 Å². The van der Waals surface area contributed by atoms with Gasteiger partial charge >= 0.3 is 5.97 Å². The smallest absolute Gasteiger partial charge is 0.306 e. The predicted molar refractivity (Wildman–Crippen MR) is 74.9 cm³/mol. The van der Waals surface area contributed by atoms with Crippen LogP contribution in [0.1, 0.15) is 46.4 Å². The molecule has 0 saturated heterocycles. The third-order valence-electron chi connectivity index (χ3n) is 4.51. The Bertz CT molecular complexity index is 567. The molecule has 0 radical (unpaired) electrons. The van der Waals surface area contributed by atoms with Crippen molar-refractivity contribution < 1.29 is 19.5 Å². The van der Waals surface area contributed by atoms with Crippen molar-refractivity contribution in [2.75, 3.05) is 6.54 Å². The van der Waals surface area contributed by atoms with Crippen LogP contribution in [-0.2, 0) is 4.79 Å². The van der Waals surface area contributed by atoms with E-state index < -0.39 is 5.97 Å². The van der Waals surface area contributed by atoms with E-state index in [9.17, 15) is 14.4 Å². The van der Waals surface area contributed by atoms with Crippen LogP contribution in [0, 0.1) is 11.8 Å². The molecule has 5 nitrogen and oxygen atoms in total. The van der Waals surface area contributed by atoms with Crippen molar-refractivity contribution in [2.45, 2.75) is 25.7 Å². The van der Waals surface area contributed by atoms with Gasteiger partial charge in [0.2, 0.25) is 0 Å². The quantitative estimate of drug-likeness (QED) is 0.865. The number of nitrogens with zero attached hydrogens (tertiary/aromatic N) is 1. The third-order valence-corrected chi connectivity index (χ3v) is 4.51. The van der Waals surface area contributed by atoms with Crippen molar-refractivity contribution in [3.8, 4) is 0 Å². The van der Waals surface area contributed by atoms with E-state index >= 15 is 0 Å². The van der Waals surface area contributed by atoms with E-state index in [1.54, 1.807) is 24.3 Å². The van der Waals surface area contributed by atoms with E-state index in [2.05, 4.69) is 0 Å². The molecule has 0 atom stereocenters. The maximum absolute atomic E-state index is 12.3. The number of carboxylic acid groups (broad SMARTS) is 1. The number of carboxylic acids is 1. The molecule has 0 aromatic heterocycles. The first-order valence-corrected chi connectivity index (χ1v) is 7.26. The van der Waals surface area contributed by atoms with Crippen molar-refractivity contribution in [3.05, 3.63) is 35.4 Å². The lowest BCUT2D eigenvalue weighted by Crippen LogP contribution is -2.36. The molecular formula is C16H17NO4. The summed E-state index contributed by atoms with van der Waals surface area (Å²) >= 11 is 0. The molecule has 2 aliphatic rings. The Morgan fingerprint density at radius 1 is 1.05 bits per heavy atom. The number of carbonyl (C=O) groups excluding carboxylic acids is 2. The second-order valence-electron chi connectivity index (χ2n) is 5.82. The highest BCUT2D eigenvalue weighted by atomic mass is 16.4. The highest BCUT2D eigenvalue weighted by Gasteiger charge is 2.37. The largest absolute Gasteiger partial charge is 0.481 e. The molecule has 3 rings (SSSR count). The van der Waals surface area contributed by atoms with E-state index in [1.807, 2.05) is 0 Å². The van der Waals surface area contributed by atoms with Crippen LogP contribution in [0.15, 0.2) is 24.3 Å². The zero-order chi connectivity index (χ0) is 15.0. The molecule has 110 valence electrons. The molecule has 0 bridgehead atoms. The first-order valence-electron chi connectivity index (χ1n) is 7.26. The number of benzene rings is 1. The number of aliphatic carboxylic acids is 1. The summed E-state index contributed by atoms with van der Waals surface area (Å²) in [6, 6.07) is 6.87. The molecule has 21 heavy (non-hydrogen) atoms. The fourth-order valence-corrected chi connectivity index (χ4v) is 3.26. The summed E-state index contributed by atoms with van der Waals surface area (Å²) < 4.78 is 0. The normalized spacial score (nSPS) is 25.0. The molecule has 1 aromatic carbocycles. The van der Waals surface area contributed by atoms with E-state index in [4.69, 9.17) is 5.11 Å². The number of hydrogen-bond acceptors (Lipinski definition) is 3. The lowest BCUT2D eigenvalue weighted by molar-refractivity contribution is -0.143. The molecule has 0 spiro atoms. The Labute approximate surface area is 122 Å². The maximum atomic E-state index is 12.3. The summed E-state index contributed by atoms with van der Waals surface area (Å²) in [6.45, 7) is 0.401. The summed E-state index contributed by atoms with van der Waals surface area (Å²) in [5, 5.41) is 8.99. The highest BCUT2D eigenvalue weighted by molar-refractivity contribution is 6.21. The molecule has 1 heterocycles. The topological polar surface area (TPSA) is 74.7 Å². The minimum atomic E-state index is -0.741. The molecule has 2 amide bonds. The maximum Gasteiger partial charge on any atom is 0.306 e. The summed E-state index contributed by atoms with van der Waals surface area (Å²) in [5.41, 5.74) is 0.948. The van der Waals surface area contributed by atoms with Gasteiger partial charge in [-0.2, -0.15) is 0 Å². The van der Waals surface area contributed by atoms with Gasteiger partial charge in [-0.15, -0.1) is 0 Å². The average molecular weight is 287 g/mol. The molecule has 1 aromatic rings. The van der Waals surface area contributed by atoms with E-state index in [0.29, 0.717) is 30.5 Å². The van der Waals surface area contributed by atoms with Gasteiger partial charge in [-0.1, -0.05) is 12.1 Å².